The molecule has 0 radical (unpaired) electrons. The first-order valence-electron chi connectivity index (χ1n) is 7.61. The highest BCUT2D eigenvalue weighted by Crippen LogP contribution is 2.31. The molecule has 0 atom stereocenters. The average Bonchev–Trinajstić information content (AvgIpc) is 2.66. The van der Waals surface area contributed by atoms with Crippen molar-refractivity contribution in [1.82, 2.24) is 5.32 Å². The van der Waals surface area contributed by atoms with E-state index in [0.29, 0.717) is 0 Å². The number of anilines is 1. The Morgan fingerprint density at radius 1 is 1.11 bits per heavy atom. The normalized spacial score (nSPS) is 20.7. The van der Waals surface area contributed by atoms with Gasteiger partial charge in [0, 0.05) is 19.6 Å². The molecule has 0 aromatic heterocycles. The van der Waals surface area contributed by atoms with Crippen molar-refractivity contribution in [3.8, 4) is 5.75 Å². The third-order valence-electron chi connectivity index (χ3n) is 4.25. The van der Waals surface area contributed by atoms with Gasteiger partial charge in [0.1, 0.15) is 5.75 Å². The topological polar surface area (TPSA) is 24.5 Å². The third kappa shape index (κ3) is 3.21. The van der Waals surface area contributed by atoms with Crippen LogP contribution in [-0.4, -0.2) is 32.8 Å². The van der Waals surface area contributed by atoms with E-state index in [1.807, 2.05) is 0 Å². The first-order chi connectivity index (χ1) is 9.43. The fraction of sp³-hybridized carbons (Fsp3) is 0.625. The van der Waals surface area contributed by atoms with E-state index in [0.717, 1.165) is 44.5 Å². The van der Waals surface area contributed by atoms with Crippen molar-refractivity contribution >= 4 is 5.69 Å². The third-order valence-corrected chi connectivity index (χ3v) is 4.25. The van der Waals surface area contributed by atoms with Gasteiger partial charge in [0.2, 0.25) is 0 Å². The monoisotopic (exact) mass is 260 g/mol. The zero-order valence-electron chi connectivity index (χ0n) is 11.6. The SMILES string of the molecule is c1ccc(N2CCCNCC2)c(OCC2CCC2)c1. The van der Waals surface area contributed by atoms with Crippen molar-refractivity contribution in [1.29, 1.82) is 0 Å². The molecule has 0 spiro atoms. The Hall–Kier alpha value is -1.22. The quantitative estimate of drug-likeness (QED) is 0.901. The lowest BCUT2D eigenvalue weighted by Crippen LogP contribution is -2.28. The van der Waals surface area contributed by atoms with E-state index in [-0.39, 0.29) is 0 Å². The Kier molecular flexibility index (Phi) is 4.23. The van der Waals surface area contributed by atoms with Gasteiger partial charge in [-0.2, -0.15) is 0 Å². The Balaban J connectivity index is 1.67. The van der Waals surface area contributed by atoms with Crippen LogP contribution in [0.4, 0.5) is 5.69 Å². The Morgan fingerprint density at radius 2 is 2.00 bits per heavy atom. The molecule has 1 aliphatic heterocycles. The van der Waals surface area contributed by atoms with Crippen molar-refractivity contribution in [2.45, 2.75) is 25.7 Å². The lowest BCUT2D eigenvalue weighted by atomic mass is 9.86. The van der Waals surface area contributed by atoms with E-state index in [9.17, 15) is 0 Å². The Morgan fingerprint density at radius 3 is 2.84 bits per heavy atom. The fourth-order valence-electron chi connectivity index (χ4n) is 2.79. The standard InChI is InChI=1S/C16H24N2O/c1-2-8-16(19-13-14-5-3-6-14)15(7-1)18-11-4-9-17-10-12-18/h1-2,7-8,14,17H,3-6,9-13H2. The number of hydrogen-bond donors (Lipinski definition) is 1. The lowest BCUT2D eigenvalue weighted by molar-refractivity contribution is 0.181. The van der Waals surface area contributed by atoms with Crippen molar-refractivity contribution in [2.24, 2.45) is 5.92 Å². The molecule has 1 aliphatic carbocycles. The van der Waals surface area contributed by atoms with E-state index < -0.39 is 0 Å². The highest BCUT2D eigenvalue weighted by Gasteiger charge is 2.19. The number of nitrogens with zero attached hydrogens (tertiary/aromatic N) is 1. The van der Waals surface area contributed by atoms with Gasteiger partial charge < -0.3 is 15.0 Å². The molecule has 3 nitrogen and oxygen atoms in total. The summed E-state index contributed by atoms with van der Waals surface area (Å²) >= 11 is 0. The maximum atomic E-state index is 6.07. The molecule has 1 heterocycles. The van der Waals surface area contributed by atoms with Gasteiger partial charge in [-0.05, 0) is 43.9 Å². The molecule has 1 N–H and O–H groups in total. The molecule has 2 aliphatic rings. The second-order valence-corrected chi connectivity index (χ2v) is 5.67. The maximum absolute atomic E-state index is 6.07. The molecule has 3 rings (SSSR count). The van der Waals surface area contributed by atoms with Crippen LogP contribution in [0.5, 0.6) is 5.75 Å². The van der Waals surface area contributed by atoms with Crippen LogP contribution in [0.2, 0.25) is 0 Å². The minimum atomic E-state index is 0.791. The van der Waals surface area contributed by atoms with Crippen LogP contribution in [0.25, 0.3) is 0 Å². The predicted octanol–water partition coefficient (Wildman–Crippen LogP) is 2.67. The summed E-state index contributed by atoms with van der Waals surface area (Å²) in [5, 5.41) is 3.45. The van der Waals surface area contributed by atoms with E-state index in [2.05, 4.69) is 34.5 Å². The molecule has 1 aromatic carbocycles. The fourth-order valence-corrected chi connectivity index (χ4v) is 2.79. The summed E-state index contributed by atoms with van der Waals surface area (Å²) in [5.41, 5.74) is 1.27. The van der Waals surface area contributed by atoms with Gasteiger partial charge in [-0.1, -0.05) is 18.6 Å². The highest BCUT2D eigenvalue weighted by atomic mass is 16.5. The second-order valence-electron chi connectivity index (χ2n) is 5.67. The van der Waals surface area contributed by atoms with Crippen LogP contribution in [0.1, 0.15) is 25.7 Å². The smallest absolute Gasteiger partial charge is 0.142 e. The zero-order valence-corrected chi connectivity index (χ0v) is 11.6. The number of nitrogens with one attached hydrogen (secondary N) is 1. The first kappa shape index (κ1) is 12.8. The van der Waals surface area contributed by atoms with Crippen LogP contribution < -0.4 is 15.0 Å². The van der Waals surface area contributed by atoms with Gasteiger partial charge in [0.25, 0.3) is 0 Å². The molecule has 2 fully saturated rings. The number of benzene rings is 1. The number of rotatable bonds is 4. The van der Waals surface area contributed by atoms with E-state index in [1.165, 1.54) is 31.4 Å². The Labute approximate surface area is 115 Å². The molecule has 1 saturated heterocycles. The second kappa shape index (κ2) is 6.29. The van der Waals surface area contributed by atoms with Crippen molar-refractivity contribution in [3.63, 3.8) is 0 Å². The van der Waals surface area contributed by atoms with Gasteiger partial charge in [0.15, 0.2) is 0 Å². The molecule has 0 unspecified atom stereocenters. The van der Waals surface area contributed by atoms with Crippen LogP contribution in [0.15, 0.2) is 24.3 Å². The lowest BCUT2D eigenvalue weighted by Gasteiger charge is -2.28. The van der Waals surface area contributed by atoms with Gasteiger partial charge >= 0.3 is 0 Å². The molecule has 1 saturated carbocycles. The Bertz CT molecular complexity index is 395. The van der Waals surface area contributed by atoms with Crippen LogP contribution in [0, 0.1) is 5.92 Å². The van der Waals surface area contributed by atoms with Crippen molar-refractivity contribution in [2.75, 3.05) is 37.7 Å². The van der Waals surface area contributed by atoms with Crippen molar-refractivity contribution < 1.29 is 4.74 Å². The molecular weight excluding hydrogens is 236 g/mol. The van der Waals surface area contributed by atoms with Gasteiger partial charge in [-0.25, -0.2) is 0 Å². The van der Waals surface area contributed by atoms with Crippen molar-refractivity contribution in [3.05, 3.63) is 24.3 Å². The zero-order chi connectivity index (χ0) is 12.9. The average molecular weight is 260 g/mol. The number of ether oxygens (including phenoxy) is 1. The minimum absolute atomic E-state index is 0.791. The van der Waals surface area contributed by atoms with Crippen LogP contribution >= 0.6 is 0 Å². The highest BCUT2D eigenvalue weighted by molar-refractivity contribution is 5.58. The summed E-state index contributed by atoms with van der Waals surface area (Å²) in [6.07, 6.45) is 5.27. The molecule has 104 valence electrons. The molecule has 1 aromatic rings. The van der Waals surface area contributed by atoms with Crippen LogP contribution in [-0.2, 0) is 0 Å². The largest absolute Gasteiger partial charge is 0.491 e. The molecule has 0 bridgehead atoms. The predicted molar refractivity (Wildman–Crippen MR) is 79.0 cm³/mol. The van der Waals surface area contributed by atoms with Crippen LogP contribution in [0.3, 0.4) is 0 Å². The summed E-state index contributed by atoms with van der Waals surface area (Å²) in [6, 6.07) is 8.51. The van der Waals surface area contributed by atoms with Gasteiger partial charge in [-0.15, -0.1) is 0 Å². The number of para-hydroxylation sites is 2. The maximum Gasteiger partial charge on any atom is 0.142 e. The summed E-state index contributed by atoms with van der Waals surface area (Å²) < 4.78 is 6.07. The molecular formula is C16H24N2O. The van der Waals surface area contributed by atoms with E-state index >= 15 is 0 Å². The first-order valence-corrected chi connectivity index (χ1v) is 7.61. The van der Waals surface area contributed by atoms with Gasteiger partial charge in [-0.3, -0.25) is 0 Å². The molecule has 3 heteroatoms. The summed E-state index contributed by atoms with van der Waals surface area (Å²) in [5.74, 6) is 1.86. The van der Waals surface area contributed by atoms with E-state index in [4.69, 9.17) is 4.74 Å². The number of hydrogen-bond acceptors (Lipinski definition) is 3. The minimum Gasteiger partial charge on any atom is -0.491 e. The van der Waals surface area contributed by atoms with Gasteiger partial charge in [0.05, 0.1) is 12.3 Å². The van der Waals surface area contributed by atoms with E-state index in [1.54, 1.807) is 0 Å². The molecule has 0 amide bonds. The summed E-state index contributed by atoms with van der Waals surface area (Å²) in [6.45, 7) is 5.28. The summed E-state index contributed by atoms with van der Waals surface area (Å²) in [7, 11) is 0. The molecule has 19 heavy (non-hydrogen) atoms. The summed E-state index contributed by atoms with van der Waals surface area (Å²) in [4.78, 5) is 2.45.